The molecule has 1 fully saturated rings. The highest BCUT2D eigenvalue weighted by Crippen LogP contribution is 2.16. The quantitative estimate of drug-likeness (QED) is 0.648. The Kier molecular flexibility index (Phi) is 6.29. The van der Waals surface area contributed by atoms with Crippen LogP contribution in [0, 0.1) is 13.8 Å². The molecule has 4 rings (SSSR count). The van der Waals surface area contributed by atoms with Crippen LogP contribution in [0.1, 0.15) is 51.3 Å². The molecule has 156 valence electrons. The second kappa shape index (κ2) is 9.26. The zero-order chi connectivity index (χ0) is 20.9. The van der Waals surface area contributed by atoms with E-state index in [1.54, 1.807) is 0 Å². The van der Waals surface area contributed by atoms with Crippen molar-refractivity contribution in [2.45, 2.75) is 46.3 Å². The number of carbonyl (C=O) groups is 1. The van der Waals surface area contributed by atoms with Crippen molar-refractivity contribution in [3.05, 3.63) is 88.2 Å². The van der Waals surface area contributed by atoms with Crippen molar-refractivity contribution in [2.24, 2.45) is 0 Å². The number of nitrogens with one attached hydrogen (secondary N) is 1. The number of carbonyl (C=O) groups excluding carboxylic acids is 1. The number of hydrogen-bond donors (Lipinski definition) is 1. The van der Waals surface area contributed by atoms with Crippen LogP contribution < -0.4 is 5.32 Å². The van der Waals surface area contributed by atoms with Gasteiger partial charge in [0.15, 0.2) is 0 Å². The molecule has 0 atom stereocenters. The summed E-state index contributed by atoms with van der Waals surface area (Å²) in [5.41, 5.74) is 6.48. The Bertz CT molecular complexity index is 1000. The molecule has 1 saturated heterocycles. The van der Waals surface area contributed by atoms with E-state index in [-0.39, 0.29) is 5.91 Å². The Morgan fingerprint density at radius 2 is 1.67 bits per heavy atom. The van der Waals surface area contributed by atoms with Gasteiger partial charge in [-0.1, -0.05) is 36.4 Å². The first-order valence-corrected chi connectivity index (χ1v) is 10.8. The molecule has 5 nitrogen and oxygen atoms in total. The molecular formula is C25H30N4O. The number of nitrogens with zero attached hydrogens (tertiary/aromatic N) is 3. The Balaban J connectivity index is 1.36. The van der Waals surface area contributed by atoms with Crippen LogP contribution in [0.2, 0.25) is 0 Å². The minimum Gasteiger partial charge on any atom is -0.348 e. The van der Waals surface area contributed by atoms with Gasteiger partial charge in [0, 0.05) is 24.3 Å². The SMILES string of the molecule is Cc1cc(C)n(Cc2ccc(C(=O)NCc3ccccc3CN3CCCC3)cc2)n1. The largest absolute Gasteiger partial charge is 0.348 e. The standard InChI is InChI=1S/C25H30N4O/c1-19-15-20(2)29(27-19)17-21-9-11-22(12-10-21)25(30)26-16-23-7-3-4-8-24(23)18-28-13-5-6-14-28/h3-4,7-12,15H,5-6,13-14,16-18H2,1-2H3,(H,26,30). The summed E-state index contributed by atoms with van der Waals surface area (Å²) in [6.45, 7) is 8.63. The first-order chi connectivity index (χ1) is 14.6. The van der Waals surface area contributed by atoms with Crippen molar-refractivity contribution in [3.8, 4) is 0 Å². The smallest absolute Gasteiger partial charge is 0.251 e. The summed E-state index contributed by atoms with van der Waals surface area (Å²) < 4.78 is 1.99. The average molecular weight is 403 g/mol. The number of benzene rings is 2. The molecule has 3 aromatic rings. The van der Waals surface area contributed by atoms with E-state index in [1.807, 2.05) is 41.9 Å². The maximum absolute atomic E-state index is 12.7. The molecule has 30 heavy (non-hydrogen) atoms. The maximum atomic E-state index is 12.7. The maximum Gasteiger partial charge on any atom is 0.251 e. The molecule has 5 heteroatoms. The minimum atomic E-state index is -0.0383. The molecule has 1 aliphatic rings. The van der Waals surface area contributed by atoms with Crippen LogP contribution in [0.3, 0.4) is 0 Å². The van der Waals surface area contributed by atoms with E-state index in [1.165, 1.54) is 37.1 Å². The van der Waals surface area contributed by atoms with E-state index >= 15 is 0 Å². The van der Waals surface area contributed by atoms with E-state index in [9.17, 15) is 4.79 Å². The highest BCUT2D eigenvalue weighted by Gasteiger charge is 2.14. The van der Waals surface area contributed by atoms with Crippen LogP contribution in [0.25, 0.3) is 0 Å². The van der Waals surface area contributed by atoms with Crippen LogP contribution in [-0.2, 0) is 19.6 Å². The highest BCUT2D eigenvalue weighted by atomic mass is 16.1. The summed E-state index contributed by atoms with van der Waals surface area (Å²) in [6, 6.07) is 18.3. The van der Waals surface area contributed by atoms with Crippen LogP contribution in [-0.4, -0.2) is 33.7 Å². The monoisotopic (exact) mass is 402 g/mol. The van der Waals surface area contributed by atoms with E-state index in [2.05, 4.69) is 46.5 Å². The first kappa shape index (κ1) is 20.4. The summed E-state index contributed by atoms with van der Waals surface area (Å²) >= 11 is 0. The van der Waals surface area contributed by atoms with E-state index < -0.39 is 0 Å². The molecule has 0 aliphatic carbocycles. The molecule has 1 N–H and O–H groups in total. The fraction of sp³-hybridized carbons (Fsp3) is 0.360. The number of likely N-dealkylation sites (tertiary alicyclic amines) is 1. The molecule has 2 aromatic carbocycles. The third kappa shape index (κ3) is 4.97. The van der Waals surface area contributed by atoms with Crippen molar-refractivity contribution in [1.29, 1.82) is 0 Å². The third-order valence-electron chi connectivity index (χ3n) is 5.80. The van der Waals surface area contributed by atoms with Crippen molar-refractivity contribution in [1.82, 2.24) is 20.0 Å². The van der Waals surface area contributed by atoms with Gasteiger partial charge < -0.3 is 5.32 Å². The zero-order valence-corrected chi connectivity index (χ0v) is 17.9. The van der Waals surface area contributed by atoms with Gasteiger partial charge in [-0.25, -0.2) is 0 Å². The molecule has 2 heterocycles. The molecule has 1 amide bonds. The second-order valence-electron chi connectivity index (χ2n) is 8.22. The summed E-state index contributed by atoms with van der Waals surface area (Å²) in [4.78, 5) is 15.2. The van der Waals surface area contributed by atoms with Gasteiger partial charge in [-0.05, 0) is 74.7 Å². The van der Waals surface area contributed by atoms with Gasteiger partial charge in [0.05, 0.1) is 12.2 Å². The van der Waals surface area contributed by atoms with Gasteiger partial charge >= 0.3 is 0 Å². The Hall–Kier alpha value is -2.92. The first-order valence-electron chi connectivity index (χ1n) is 10.8. The van der Waals surface area contributed by atoms with Crippen LogP contribution in [0.4, 0.5) is 0 Å². The Morgan fingerprint density at radius 1 is 0.967 bits per heavy atom. The van der Waals surface area contributed by atoms with Crippen molar-refractivity contribution in [2.75, 3.05) is 13.1 Å². The molecule has 0 saturated carbocycles. The topological polar surface area (TPSA) is 50.2 Å². The van der Waals surface area contributed by atoms with Gasteiger partial charge in [0.2, 0.25) is 0 Å². The minimum absolute atomic E-state index is 0.0383. The fourth-order valence-corrected chi connectivity index (χ4v) is 4.11. The lowest BCUT2D eigenvalue weighted by atomic mass is 10.1. The number of aromatic nitrogens is 2. The van der Waals surface area contributed by atoms with Crippen LogP contribution in [0.5, 0.6) is 0 Å². The van der Waals surface area contributed by atoms with Gasteiger partial charge in [-0.3, -0.25) is 14.4 Å². The number of amides is 1. The fourth-order valence-electron chi connectivity index (χ4n) is 4.11. The molecule has 0 unspecified atom stereocenters. The third-order valence-corrected chi connectivity index (χ3v) is 5.80. The molecule has 1 aromatic heterocycles. The normalized spacial score (nSPS) is 14.2. The number of rotatable bonds is 7. The highest BCUT2D eigenvalue weighted by molar-refractivity contribution is 5.94. The summed E-state index contributed by atoms with van der Waals surface area (Å²) in [5.74, 6) is -0.0383. The lowest BCUT2D eigenvalue weighted by Gasteiger charge is -2.17. The lowest BCUT2D eigenvalue weighted by molar-refractivity contribution is 0.0950. The molecular weight excluding hydrogens is 372 g/mol. The molecule has 0 bridgehead atoms. The van der Waals surface area contributed by atoms with Gasteiger partial charge in [0.25, 0.3) is 5.91 Å². The van der Waals surface area contributed by atoms with E-state index in [0.717, 1.165) is 23.5 Å². The van der Waals surface area contributed by atoms with E-state index in [0.29, 0.717) is 18.7 Å². The van der Waals surface area contributed by atoms with Gasteiger partial charge in [-0.15, -0.1) is 0 Å². The summed E-state index contributed by atoms with van der Waals surface area (Å²) in [7, 11) is 0. The van der Waals surface area contributed by atoms with Crippen molar-refractivity contribution < 1.29 is 4.79 Å². The number of aryl methyl sites for hydroxylation is 2. The van der Waals surface area contributed by atoms with Crippen LogP contribution in [0.15, 0.2) is 54.6 Å². The predicted octanol–water partition coefficient (Wildman–Crippen LogP) is 4.07. The predicted molar refractivity (Wildman–Crippen MR) is 119 cm³/mol. The Labute approximate surface area is 178 Å². The van der Waals surface area contributed by atoms with Crippen LogP contribution >= 0.6 is 0 Å². The second-order valence-corrected chi connectivity index (χ2v) is 8.22. The van der Waals surface area contributed by atoms with Gasteiger partial charge in [-0.2, -0.15) is 5.10 Å². The zero-order valence-electron chi connectivity index (χ0n) is 17.9. The lowest BCUT2D eigenvalue weighted by Crippen LogP contribution is -2.25. The molecule has 1 aliphatic heterocycles. The van der Waals surface area contributed by atoms with Gasteiger partial charge in [0.1, 0.15) is 0 Å². The summed E-state index contributed by atoms with van der Waals surface area (Å²) in [5, 5.41) is 7.59. The summed E-state index contributed by atoms with van der Waals surface area (Å²) in [6.07, 6.45) is 2.57. The Morgan fingerprint density at radius 3 is 2.33 bits per heavy atom. The molecule has 0 spiro atoms. The average Bonchev–Trinajstić information content (AvgIpc) is 3.37. The van der Waals surface area contributed by atoms with Crippen molar-refractivity contribution in [3.63, 3.8) is 0 Å². The van der Waals surface area contributed by atoms with Crippen molar-refractivity contribution >= 4 is 5.91 Å². The molecule has 0 radical (unpaired) electrons. The number of hydrogen-bond acceptors (Lipinski definition) is 3. The van der Waals surface area contributed by atoms with E-state index in [4.69, 9.17) is 0 Å².